The fourth-order valence-corrected chi connectivity index (χ4v) is 2.73. The van der Waals surface area contributed by atoms with E-state index in [1.807, 2.05) is 36.4 Å². The molecule has 1 aromatic heterocycles. The molecule has 0 aliphatic heterocycles. The summed E-state index contributed by atoms with van der Waals surface area (Å²) >= 11 is 1.50. The first-order valence-electron chi connectivity index (χ1n) is 7.23. The van der Waals surface area contributed by atoms with Crippen LogP contribution >= 0.6 is 11.8 Å². The van der Waals surface area contributed by atoms with Gasteiger partial charge in [0.25, 0.3) is 0 Å². The Hall–Kier alpha value is -1.76. The van der Waals surface area contributed by atoms with Gasteiger partial charge in [-0.15, -0.1) is 11.8 Å². The first-order valence-corrected chi connectivity index (χ1v) is 8.22. The summed E-state index contributed by atoms with van der Waals surface area (Å²) in [6, 6.07) is 11.2. The lowest BCUT2D eigenvalue weighted by Crippen LogP contribution is -2.18. The van der Waals surface area contributed by atoms with Crippen LogP contribution in [0.2, 0.25) is 0 Å². The van der Waals surface area contributed by atoms with Gasteiger partial charge < -0.3 is 19.3 Å². The number of hydrogen-bond donors (Lipinski definition) is 1. The van der Waals surface area contributed by atoms with Crippen LogP contribution in [0.25, 0.3) is 0 Å². The highest BCUT2D eigenvalue weighted by atomic mass is 32.2. The van der Waals surface area contributed by atoms with Gasteiger partial charge in [0.1, 0.15) is 11.5 Å². The van der Waals surface area contributed by atoms with Crippen LogP contribution in [0, 0.1) is 0 Å². The fraction of sp³-hybridized carbons (Fsp3) is 0.353. The quantitative estimate of drug-likeness (QED) is 0.711. The zero-order valence-corrected chi connectivity index (χ0v) is 14.1. The van der Waals surface area contributed by atoms with Crippen molar-refractivity contribution in [2.75, 3.05) is 26.6 Å². The maximum Gasteiger partial charge on any atom is 0.124 e. The van der Waals surface area contributed by atoms with E-state index in [2.05, 4.69) is 4.98 Å². The molecule has 0 spiro atoms. The minimum Gasteiger partial charge on any atom is -0.497 e. The molecule has 0 fully saturated rings. The SMILES string of the molecule is COc1ccc(OC)c(COC[C@H](O)CSc2ccccn2)c1. The van der Waals surface area contributed by atoms with Crippen LogP contribution in [0.3, 0.4) is 0 Å². The summed E-state index contributed by atoms with van der Waals surface area (Å²) < 4.78 is 16.1. The maximum absolute atomic E-state index is 9.99. The zero-order valence-electron chi connectivity index (χ0n) is 13.3. The van der Waals surface area contributed by atoms with Gasteiger partial charge in [0.05, 0.1) is 38.6 Å². The number of hydrogen-bond acceptors (Lipinski definition) is 6. The Labute approximate surface area is 140 Å². The number of ether oxygens (including phenoxy) is 3. The molecule has 0 radical (unpaired) electrons. The molecule has 2 aromatic rings. The van der Waals surface area contributed by atoms with Crippen LogP contribution in [0.1, 0.15) is 5.56 Å². The number of aliphatic hydroxyl groups excluding tert-OH is 1. The molecule has 1 heterocycles. The Bertz CT molecular complexity index is 594. The third-order valence-electron chi connectivity index (χ3n) is 3.12. The molecule has 1 aromatic carbocycles. The van der Waals surface area contributed by atoms with E-state index in [1.54, 1.807) is 20.4 Å². The molecular weight excluding hydrogens is 314 g/mol. The van der Waals surface area contributed by atoms with Gasteiger partial charge >= 0.3 is 0 Å². The van der Waals surface area contributed by atoms with Crippen molar-refractivity contribution in [3.05, 3.63) is 48.2 Å². The van der Waals surface area contributed by atoms with E-state index in [0.717, 1.165) is 22.1 Å². The minimum atomic E-state index is -0.557. The van der Waals surface area contributed by atoms with Crippen LogP contribution in [0.15, 0.2) is 47.6 Å². The number of aromatic nitrogens is 1. The van der Waals surface area contributed by atoms with Crippen molar-refractivity contribution in [3.63, 3.8) is 0 Å². The molecule has 5 nitrogen and oxygen atoms in total. The van der Waals surface area contributed by atoms with Gasteiger partial charge in [0, 0.05) is 17.5 Å². The number of pyridine rings is 1. The highest BCUT2D eigenvalue weighted by molar-refractivity contribution is 7.99. The van der Waals surface area contributed by atoms with Crippen LogP contribution in [-0.4, -0.2) is 42.8 Å². The van der Waals surface area contributed by atoms with E-state index in [1.165, 1.54) is 11.8 Å². The highest BCUT2D eigenvalue weighted by Gasteiger charge is 2.09. The summed E-state index contributed by atoms with van der Waals surface area (Å²) in [7, 11) is 3.23. The van der Waals surface area contributed by atoms with Gasteiger partial charge in [-0.3, -0.25) is 0 Å². The molecule has 2 rings (SSSR count). The van der Waals surface area contributed by atoms with E-state index < -0.39 is 6.10 Å². The van der Waals surface area contributed by atoms with Gasteiger partial charge in [-0.05, 0) is 30.3 Å². The molecule has 23 heavy (non-hydrogen) atoms. The Balaban J connectivity index is 1.78. The van der Waals surface area contributed by atoms with Crippen LogP contribution in [0.4, 0.5) is 0 Å². The summed E-state index contributed by atoms with van der Waals surface area (Å²) in [4.78, 5) is 4.20. The molecule has 0 amide bonds. The first-order chi connectivity index (χ1) is 11.2. The van der Waals surface area contributed by atoms with Gasteiger partial charge in [-0.2, -0.15) is 0 Å². The number of rotatable bonds is 9. The summed E-state index contributed by atoms with van der Waals surface area (Å²) in [5.41, 5.74) is 0.886. The zero-order chi connectivity index (χ0) is 16.5. The summed E-state index contributed by atoms with van der Waals surface area (Å²) in [5, 5.41) is 10.9. The minimum absolute atomic E-state index is 0.250. The predicted molar refractivity (Wildman–Crippen MR) is 90.2 cm³/mol. The third kappa shape index (κ3) is 5.74. The van der Waals surface area contributed by atoms with E-state index in [-0.39, 0.29) is 6.61 Å². The average molecular weight is 335 g/mol. The second-order valence-electron chi connectivity index (χ2n) is 4.83. The highest BCUT2D eigenvalue weighted by Crippen LogP contribution is 2.24. The lowest BCUT2D eigenvalue weighted by molar-refractivity contribution is 0.0389. The van der Waals surface area contributed by atoms with Gasteiger partial charge in [-0.25, -0.2) is 4.98 Å². The largest absolute Gasteiger partial charge is 0.497 e. The Kier molecular flexibility index (Phi) is 7.19. The molecular formula is C17H21NO4S. The van der Waals surface area contributed by atoms with E-state index in [0.29, 0.717) is 12.4 Å². The molecule has 1 N–H and O–H groups in total. The number of methoxy groups -OCH3 is 2. The molecule has 124 valence electrons. The molecule has 6 heteroatoms. The number of nitrogens with zero attached hydrogens (tertiary/aromatic N) is 1. The molecule has 0 unspecified atom stereocenters. The van der Waals surface area contributed by atoms with Crippen molar-refractivity contribution in [3.8, 4) is 11.5 Å². The Morgan fingerprint density at radius 3 is 2.74 bits per heavy atom. The van der Waals surface area contributed by atoms with E-state index in [4.69, 9.17) is 14.2 Å². The third-order valence-corrected chi connectivity index (χ3v) is 4.21. The van der Waals surface area contributed by atoms with Gasteiger partial charge in [-0.1, -0.05) is 6.07 Å². The Morgan fingerprint density at radius 2 is 2.04 bits per heavy atom. The Morgan fingerprint density at radius 1 is 1.17 bits per heavy atom. The van der Waals surface area contributed by atoms with Crippen molar-refractivity contribution in [1.29, 1.82) is 0 Å². The lowest BCUT2D eigenvalue weighted by atomic mass is 10.2. The predicted octanol–water partition coefficient (Wildman–Crippen LogP) is 2.77. The molecule has 1 atom stereocenters. The van der Waals surface area contributed by atoms with Crippen molar-refractivity contribution in [2.24, 2.45) is 0 Å². The van der Waals surface area contributed by atoms with Crippen molar-refractivity contribution in [2.45, 2.75) is 17.7 Å². The lowest BCUT2D eigenvalue weighted by Gasteiger charge is -2.13. The maximum atomic E-state index is 9.99. The van der Waals surface area contributed by atoms with Crippen LogP contribution < -0.4 is 9.47 Å². The number of thioether (sulfide) groups is 1. The normalized spacial score (nSPS) is 12.0. The summed E-state index contributed by atoms with van der Waals surface area (Å²) in [5.74, 6) is 2.02. The standard InChI is InChI=1S/C17H21NO4S/c1-20-15-6-7-16(21-2)13(9-15)10-22-11-14(19)12-23-17-5-3-4-8-18-17/h3-9,14,19H,10-12H2,1-2H3/t14-/m0/s1. The average Bonchev–Trinajstić information content (AvgIpc) is 2.60. The number of benzene rings is 1. The van der Waals surface area contributed by atoms with E-state index >= 15 is 0 Å². The molecule has 0 saturated carbocycles. The molecule has 0 aliphatic carbocycles. The smallest absolute Gasteiger partial charge is 0.124 e. The molecule has 0 aliphatic rings. The van der Waals surface area contributed by atoms with E-state index in [9.17, 15) is 5.11 Å². The molecule has 0 saturated heterocycles. The topological polar surface area (TPSA) is 60.8 Å². The first kappa shape index (κ1) is 17.6. The summed E-state index contributed by atoms with van der Waals surface area (Å²) in [6.45, 7) is 0.603. The monoisotopic (exact) mass is 335 g/mol. The number of aliphatic hydroxyl groups is 1. The van der Waals surface area contributed by atoms with Gasteiger partial charge in [0.15, 0.2) is 0 Å². The van der Waals surface area contributed by atoms with Crippen molar-refractivity contribution >= 4 is 11.8 Å². The second-order valence-corrected chi connectivity index (χ2v) is 5.87. The van der Waals surface area contributed by atoms with Crippen molar-refractivity contribution < 1.29 is 19.3 Å². The van der Waals surface area contributed by atoms with Crippen LogP contribution in [0.5, 0.6) is 11.5 Å². The van der Waals surface area contributed by atoms with Gasteiger partial charge in [0.2, 0.25) is 0 Å². The summed E-state index contributed by atoms with van der Waals surface area (Å²) in [6.07, 6.45) is 1.18. The van der Waals surface area contributed by atoms with Crippen molar-refractivity contribution in [1.82, 2.24) is 4.98 Å². The van der Waals surface area contributed by atoms with Crippen LogP contribution in [-0.2, 0) is 11.3 Å². The fourth-order valence-electron chi connectivity index (χ4n) is 1.96. The molecule has 0 bridgehead atoms. The second kappa shape index (κ2) is 9.39.